The molecule has 2 rings (SSSR count). The zero-order chi connectivity index (χ0) is 14.6. The lowest BCUT2D eigenvalue weighted by molar-refractivity contribution is 0.116. The van der Waals surface area contributed by atoms with Crippen LogP contribution in [0.5, 0.6) is 0 Å². The molecular weight excluding hydrogens is 295 g/mol. The molecule has 0 spiro atoms. The Hall–Kier alpha value is -1.06. The van der Waals surface area contributed by atoms with E-state index in [0.29, 0.717) is 16.5 Å². The van der Waals surface area contributed by atoms with Gasteiger partial charge in [0.15, 0.2) is 0 Å². The standard InChI is InChI=1S/C16H16Cl2O2/c17-14-7-4-8-15(18)13(14)9-16(10-19,11-20)12-5-2-1-3-6-12/h1-8,19-20H,9-11H2. The monoisotopic (exact) mass is 310 g/mol. The summed E-state index contributed by atoms with van der Waals surface area (Å²) in [5.74, 6) is 0. The van der Waals surface area contributed by atoms with E-state index in [2.05, 4.69) is 0 Å². The Kier molecular flexibility index (Phi) is 5.06. The molecular formula is C16H16Cl2O2. The molecule has 2 N–H and O–H groups in total. The smallest absolute Gasteiger partial charge is 0.0553 e. The topological polar surface area (TPSA) is 40.5 Å². The van der Waals surface area contributed by atoms with Gasteiger partial charge < -0.3 is 10.2 Å². The molecule has 0 saturated heterocycles. The SMILES string of the molecule is OCC(CO)(Cc1c(Cl)cccc1Cl)c1ccccc1. The fraction of sp³-hybridized carbons (Fsp3) is 0.250. The third kappa shape index (κ3) is 2.99. The Morgan fingerprint density at radius 1 is 0.800 bits per heavy atom. The van der Waals surface area contributed by atoms with Gasteiger partial charge >= 0.3 is 0 Å². The van der Waals surface area contributed by atoms with Crippen LogP contribution >= 0.6 is 23.2 Å². The van der Waals surface area contributed by atoms with Crippen LogP contribution in [0.15, 0.2) is 48.5 Å². The molecule has 0 amide bonds. The highest BCUT2D eigenvalue weighted by atomic mass is 35.5. The van der Waals surface area contributed by atoms with Crippen LogP contribution in [-0.4, -0.2) is 23.4 Å². The van der Waals surface area contributed by atoms with E-state index in [9.17, 15) is 10.2 Å². The molecule has 106 valence electrons. The van der Waals surface area contributed by atoms with Crippen molar-refractivity contribution in [2.75, 3.05) is 13.2 Å². The molecule has 20 heavy (non-hydrogen) atoms. The van der Waals surface area contributed by atoms with Gasteiger partial charge in [0.1, 0.15) is 0 Å². The van der Waals surface area contributed by atoms with Crippen LogP contribution in [0.4, 0.5) is 0 Å². The minimum atomic E-state index is -0.796. The fourth-order valence-electron chi connectivity index (χ4n) is 2.28. The van der Waals surface area contributed by atoms with Gasteiger partial charge in [0.25, 0.3) is 0 Å². The second-order valence-corrected chi connectivity index (χ2v) is 5.65. The van der Waals surface area contributed by atoms with Gasteiger partial charge in [0, 0.05) is 15.5 Å². The van der Waals surface area contributed by atoms with Crippen LogP contribution in [0.2, 0.25) is 10.0 Å². The number of aliphatic hydroxyl groups is 2. The fourth-order valence-corrected chi connectivity index (χ4v) is 2.81. The largest absolute Gasteiger partial charge is 0.395 e. The number of hydrogen-bond acceptors (Lipinski definition) is 2. The van der Waals surface area contributed by atoms with Gasteiger partial charge in [-0.15, -0.1) is 0 Å². The van der Waals surface area contributed by atoms with Crippen LogP contribution in [0.25, 0.3) is 0 Å². The maximum Gasteiger partial charge on any atom is 0.0553 e. The first-order valence-electron chi connectivity index (χ1n) is 6.33. The summed E-state index contributed by atoms with van der Waals surface area (Å²) in [6.07, 6.45) is 0.377. The summed E-state index contributed by atoms with van der Waals surface area (Å²) in [6, 6.07) is 14.7. The lowest BCUT2D eigenvalue weighted by Crippen LogP contribution is -2.37. The number of rotatable bonds is 5. The molecule has 0 fully saturated rings. The zero-order valence-corrected chi connectivity index (χ0v) is 12.4. The van der Waals surface area contributed by atoms with Crippen molar-refractivity contribution in [2.24, 2.45) is 0 Å². The first-order chi connectivity index (χ1) is 9.63. The quantitative estimate of drug-likeness (QED) is 0.888. The Morgan fingerprint density at radius 2 is 1.35 bits per heavy atom. The van der Waals surface area contributed by atoms with E-state index in [4.69, 9.17) is 23.2 Å². The number of aliphatic hydroxyl groups excluding tert-OH is 2. The summed E-state index contributed by atoms with van der Waals surface area (Å²) in [4.78, 5) is 0. The molecule has 2 nitrogen and oxygen atoms in total. The van der Waals surface area contributed by atoms with Crippen LogP contribution in [0.1, 0.15) is 11.1 Å². The number of benzene rings is 2. The van der Waals surface area contributed by atoms with Gasteiger partial charge in [-0.2, -0.15) is 0 Å². The van der Waals surface area contributed by atoms with Crippen LogP contribution in [-0.2, 0) is 11.8 Å². The van der Waals surface area contributed by atoms with Crippen molar-refractivity contribution in [1.82, 2.24) is 0 Å². The summed E-state index contributed by atoms with van der Waals surface area (Å²) >= 11 is 12.4. The average molecular weight is 311 g/mol. The predicted octanol–water partition coefficient (Wildman–Crippen LogP) is 3.46. The maximum absolute atomic E-state index is 9.83. The maximum atomic E-state index is 9.83. The minimum absolute atomic E-state index is 0.185. The van der Waals surface area contributed by atoms with Crippen LogP contribution in [0, 0.1) is 0 Å². The van der Waals surface area contributed by atoms with Gasteiger partial charge in [-0.3, -0.25) is 0 Å². The second kappa shape index (κ2) is 6.59. The average Bonchev–Trinajstić information content (AvgIpc) is 2.49. The molecule has 0 saturated carbocycles. The molecule has 0 atom stereocenters. The molecule has 0 aliphatic carbocycles. The van der Waals surface area contributed by atoms with Crippen molar-refractivity contribution in [3.05, 3.63) is 69.7 Å². The molecule has 2 aromatic rings. The van der Waals surface area contributed by atoms with Gasteiger partial charge in [0.2, 0.25) is 0 Å². The van der Waals surface area contributed by atoms with Gasteiger partial charge in [0.05, 0.1) is 13.2 Å². The normalized spacial score (nSPS) is 11.6. The summed E-state index contributed by atoms with van der Waals surface area (Å²) < 4.78 is 0. The number of hydrogen-bond donors (Lipinski definition) is 2. The summed E-state index contributed by atoms with van der Waals surface area (Å²) in [7, 11) is 0. The first kappa shape index (κ1) is 15.3. The number of halogens is 2. The lowest BCUT2D eigenvalue weighted by atomic mass is 9.77. The Bertz CT molecular complexity index is 546. The van der Waals surface area contributed by atoms with E-state index in [1.807, 2.05) is 30.3 Å². The molecule has 2 aromatic carbocycles. The Morgan fingerprint density at radius 3 is 1.85 bits per heavy atom. The van der Waals surface area contributed by atoms with E-state index < -0.39 is 5.41 Å². The summed E-state index contributed by atoms with van der Waals surface area (Å²) in [6.45, 7) is -0.371. The zero-order valence-electron chi connectivity index (χ0n) is 10.9. The van der Waals surface area contributed by atoms with Gasteiger partial charge in [-0.05, 0) is 29.7 Å². The highest BCUT2D eigenvalue weighted by Gasteiger charge is 2.32. The molecule has 0 aliphatic heterocycles. The van der Waals surface area contributed by atoms with E-state index in [1.54, 1.807) is 18.2 Å². The van der Waals surface area contributed by atoms with Crippen molar-refractivity contribution < 1.29 is 10.2 Å². The third-order valence-electron chi connectivity index (χ3n) is 3.57. The van der Waals surface area contributed by atoms with Gasteiger partial charge in [-0.1, -0.05) is 59.6 Å². The molecule has 0 radical (unpaired) electrons. The van der Waals surface area contributed by atoms with Crippen molar-refractivity contribution in [3.63, 3.8) is 0 Å². The van der Waals surface area contributed by atoms with Crippen molar-refractivity contribution in [1.29, 1.82) is 0 Å². The third-order valence-corrected chi connectivity index (χ3v) is 4.28. The van der Waals surface area contributed by atoms with E-state index in [-0.39, 0.29) is 13.2 Å². The molecule has 0 aliphatic rings. The summed E-state index contributed by atoms with van der Waals surface area (Å²) in [5.41, 5.74) is 0.805. The molecule has 0 unspecified atom stereocenters. The second-order valence-electron chi connectivity index (χ2n) is 4.84. The Labute approximate surface area is 128 Å². The van der Waals surface area contributed by atoms with Crippen LogP contribution < -0.4 is 0 Å². The van der Waals surface area contributed by atoms with Crippen molar-refractivity contribution >= 4 is 23.2 Å². The molecule has 0 heterocycles. The van der Waals surface area contributed by atoms with Gasteiger partial charge in [-0.25, -0.2) is 0 Å². The predicted molar refractivity (Wildman–Crippen MR) is 82.5 cm³/mol. The minimum Gasteiger partial charge on any atom is -0.395 e. The first-order valence-corrected chi connectivity index (χ1v) is 7.09. The molecule has 0 bridgehead atoms. The van der Waals surface area contributed by atoms with E-state index >= 15 is 0 Å². The molecule has 0 aromatic heterocycles. The lowest BCUT2D eigenvalue weighted by Gasteiger charge is -2.31. The Balaban J connectivity index is 2.45. The summed E-state index contributed by atoms with van der Waals surface area (Å²) in [5, 5.41) is 20.7. The highest BCUT2D eigenvalue weighted by molar-refractivity contribution is 6.36. The van der Waals surface area contributed by atoms with E-state index in [0.717, 1.165) is 11.1 Å². The van der Waals surface area contributed by atoms with Crippen molar-refractivity contribution in [2.45, 2.75) is 11.8 Å². The molecule has 4 heteroatoms. The van der Waals surface area contributed by atoms with Crippen molar-refractivity contribution in [3.8, 4) is 0 Å². The van der Waals surface area contributed by atoms with Crippen LogP contribution in [0.3, 0.4) is 0 Å². The highest BCUT2D eigenvalue weighted by Crippen LogP contribution is 2.34. The van der Waals surface area contributed by atoms with E-state index in [1.165, 1.54) is 0 Å².